The third kappa shape index (κ3) is 2.68. The molecule has 1 aliphatic carbocycles. The highest BCUT2D eigenvalue weighted by atomic mass is 127. The Kier molecular flexibility index (Phi) is 6.60. The number of nitrogens with zero attached hydrogens (tertiary/aromatic N) is 3. The molecule has 0 radical (unpaired) electrons. The zero-order valence-electron chi connectivity index (χ0n) is 13.5. The first-order valence-corrected chi connectivity index (χ1v) is 8.83. The van der Waals surface area contributed by atoms with Gasteiger partial charge >= 0.3 is 0 Å². The summed E-state index contributed by atoms with van der Waals surface area (Å²) < 4.78 is 1.53. The second-order valence-electron chi connectivity index (χ2n) is 4.85. The van der Waals surface area contributed by atoms with Crippen LogP contribution in [0.25, 0.3) is 0 Å². The molecule has 0 spiro atoms. The predicted octanol–water partition coefficient (Wildman–Crippen LogP) is 3.37. The van der Waals surface area contributed by atoms with E-state index in [1.165, 1.54) is 3.58 Å². The standard InChI is InChI=1S/C15H30IN3/c1-7-17(8-2)14-13(16)15(14,18(9-3)10-4)19(11-5)12-6/h7-12H2,1-6H3. The highest BCUT2D eigenvalue weighted by Gasteiger charge is 2.60. The Morgan fingerprint density at radius 2 is 1.11 bits per heavy atom. The fourth-order valence-electron chi connectivity index (χ4n) is 3.26. The lowest BCUT2D eigenvalue weighted by atomic mass is 10.2. The number of halogens is 1. The van der Waals surface area contributed by atoms with Gasteiger partial charge in [0.15, 0.2) is 0 Å². The van der Waals surface area contributed by atoms with Crippen molar-refractivity contribution in [2.45, 2.75) is 47.2 Å². The quantitative estimate of drug-likeness (QED) is 0.449. The van der Waals surface area contributed by atoms with Gasteiger partial charge in [-0.25, -0.2) is 0 Å². The number of rotatable bonds is 9. The van der Waals surface area contributed by atoms with Gasteiger partial charge in [0, 0.05) is 13.1 Å². The van der Waals surface area contributed by atoms with Gasteiger partial charge < -0.3 is 4.90 Å². The largest absolute Gasteiger partial charge is 0.372 e. The third-order valence-electron chi connectivity index (χ3n) is 4.30. The van der Waals surface area contributed by atoms with Crippen molar-refractivity contribution >= 4 is 22.6 Å². The summed E-state index contributed by atoms with van der Waals surface area (Å²) in [5, 5.41) is 0. The molecule has 0 aromatic heterocycles. The summed E-state index contributed by atoms with van der Waals surface area (Å²) in [4.78, 5) is 7.74. The van der Waals surface area contributed by atoms with Crippen molar-refractivity contribution in [3.8, 4) is 0 Å². The predicted molar refractivity (Wildman–Crippen MR) is 92.5 cm³/mol. The van der Waals surface area contributed by atoms with E-state index in [2.05, 4.69) is 78.8 Å². The molecular weight excluding hydrogens is 349 g/mol. The minimum atomic E-state index is 0.0968. The molecule has 19 heavy (non-hydrogen) atoms. The zero-order chi connectivity index (χ0) is 14.6. The summed E-state index contributed by atoms with van der Waals surface area (Å²) in [6.07, 6.45) is 0. The van der Waals surface area contributed by atoms with E-state index < -0.39 is 0 Å². The van der Waals surface area contributed by atoms with Crippen molar-refractivity contribution in [2.75, 3.05) is 39.3 Å². The van der Waals surface area contributed by atoms with Crippen molar-refractivity contribution < 1.29 is 0 Å². The van der Waals surface area contributed by atoms with Gasteiger partial charge in [-0.05, 0) is 62.6 Å². The highest BCUT2D eigenvalue weighted by molar-refractivity contribution is 14.1. The smallest absolute Gasteiger partial charge is 0.150 e. The van der Waals surface area contributed by atoms with E-state index in [1.807, 2.05) is 0 Å². The van der Waals surface area contributed by atoms with Gasteiger partial charge in [0.1, 0.15) is 5.66 Å². The fourth-order valence-corrected chi connectivity index (χ4v) is 4.78. The van der Waals surface area contributed by atoms with E-state index in [0.29, 0.717) is 0 Å². The summed E-state index contributed by atoms with van der Waals surface area (Å²) >= 11 is 2.57. The SMILES string of the molecule is CCN(CC)C1=C(I)C1(N(CC)CC)N(CC)CC. The average Bonchev–Trinajstić information content (AvgIpc) is 3.01. The molecule has 0 aromatic carbocycles. The number of likely N-dealkylation sites (N-methyl/N-ethyl adjacent to an activating group) is 3. The number of hydrogen-bond donors (Lipinski definition) is 0. The Balaban J connectivity index is 3.12. The van der Waals surface area contributed by atoms with E-state index in [0.717, 1.165) is 39.3 Å². The second kappa shape index (κ2) is 7.27. The molecule has 0 atom stereocenters. The van der Waals surface area contributed by atoms with Gasteiger partial charge in [0.25, 0.3) is 0 Å². The van der Waals surface area contributed by atoms with Gasteiger partial charge in [0.05, 0.1) is 9.28 Å². The topological polar surface area (TPSA) is 9.72 Å². The van der Waals surface area contributed by atoms with E-state index in [1.54, 1.807) is 5.70 Å². The van der Waals surface area contributed by atoms with Gasteiger partial charge in [-0.15, -0.1) is 0 Å². The second-order valence-corrected chi connectivity index (χ2v) is 5.93. The number of hydrogen-bond acceptors (Lipinski definition) is 3. The molecule has 0 aliphatic heterocycles. The fraction of sp³-hybridized carbons (Fsp3) is 0.867. The molecule has 0 heterocycles. The van der Waals surface area contributed by atoms with E-state index in [-0.39, 0.29) is 5.66 Å². The lowest BCUT2D eigenvalue weighted by molar-refractivity contribution is 0.0354. The molecule has 0 saturated heterocycles. The van der Waals surface area contributed by atoms with Crippen molar-refractivity contribution in [1.29, 1.82) is 0 Å². The molecule has 112 valence electrons. The van der Waals surface area contributed by atoms with E-state index in [9.17, 15) is 0 Å². The monoisotopic (exact) mass is 379 g/mol. The van der Waals surface area contributed by atoms with Gasteiger partial charge in [0.2, 0.25) is 0 Å². The molecule has 0 fully saturated rings. The first kappa shape index (κ1) is 17.2. The molecular formula is C15H30IN3. The van der Waals surface area contributed by atoms with Crippen molar-refractivity contribution in [2.24, 2.45) is 0 Å². The highest BCUT2D eigenvalue weighted by Crippen LogP contribution is 2.56. The molecule has 4 heteroatoms. The molecule has 0 N–H and O–H groups in total. The minimum Gasteiger partial charge on any atom is -0.372 e. The summed E-state index contributed by atoms with van der Waals surface area (Å²) in [5.74, 6) is 0. The van der Waals surface area contributed by atoms with Crippen LogP contribution in [-0.2, 0) is 0 Å². The molecule has 0 unspecified atom stereocenters. The maximum atomic E-state index is 2.61. The van der Waals surface area contributed by atoms with Crippen molar-refractivity contribution in [3.05, 3.63) is 9.28 Å². The van der Waals surface area contributed by atoms with Crippen molar-refractivity contribution in [3.63, 3.8) is 0 Å². The van der Waals surface area contributed by atoms with Crippen LogP contribution < -0.4 is 0 Å². The maximum absolute atomic E-state index is 2.61. The van der Waals surface area contributed by atoms with Crippen LogP contribution in [0.4, 0.5) is 0 Å². The van der Waals surface area contributed by atoms with Gasteiger partial charge in [-0.1, -0.05) is 27.7 Å². The minimum absolute atomic E-state index is 0.0968. The Labute approximate surface area is 133 Å². The van der Waals surface area contributed by atoms with Gasteiger partial charge in [-0.3, -0.25) is 9.80 Å². The first-order valence-electron chi connectivity index (χ1n) is 7.75. The lowest BCUT2D eigenvalue weighted by Crippen LogP contribution is -2.55. The molecule has 0 bridgehead atoms. The summed E-state index contributed by atoms with van der Waals surface area (Å²) in [6.45, 7) is 20.2. The van der Waals surface area contributed by atoms with Crippen molar-refractivity contribution in [1.82, 2.24) is 14.7 Å². The molecule has 0 saturated carbocycles. The van der Waals surface area contributed by atoms with Gasteiger partial charge in [-0.2, -0.15) is 0 Å². The summed E-state index contributed by atoms with van der Waals surface area (Å²) in [7, 11) is 0. The Morgan fingerprint density at radius 3 is 1.37 bits per heavy atom. The molecule has 3 nitrogen and oxygen atoms in total. The Bertz CT molecular complexity index is 303. The van der Waals surface area contributed by atoms with Crippen LogP contribution >= 0.6 is 22.6 Å². The average molecular weight is 379 g/mol. The Morgan fingerprint density at radius 1 is 0.737 bits per heavy atom. The normalized spacial score (nSPS) is 17.5. The molecule has 0 aromatic rings. The summed E-state index contributed by atoms with van der Waals surface area (Å²) in [5.41, 5.74) is 1.64. The lowest BCUT2D eigenvalue weighted by Gasteiger charge is -2.42. The third-order valence-corrected chi connectivity index (χ3v) is 5.57. The van der Waals surface area contributed by atoms with Crippen LogP contribution in [0.5, 0.6) is 0 Å². The van der Waals surface area contributed by atoms with E-state index in [4.69, 9.17) is 0 Å². The molecule has 1 aliphatic rings. The van der Waals surface area contributed by atoms with Crippen LogP contribution in [0, 0.1) is 0 Å². The maximum Gasteiger partial charge on any atom is 0.150 e. The van der Waals surface area contributed by atoms with Crippen LogP contribution in [0.15, 0.2) is 9.28 Å². The van der Waals surface area contributed by atoms with Crippen LogP contribution in [0.3, 0.4) is 0 Å². The first-order chi connectivity index (χ1) is 9.09. The Hall–Kier alpha value is 0.190. The summed E-state index contributed by atoms with van der Waals surface area (Å²) in [6, 6.07) is 0. The molecule has 1 rings (SSSR count). The van der Waals surface area contributed by atoms with E-state index >= 15 is 0 Å². The van der Waals surface area contributed by atoms with Crippen LogP contribution in [0.2, 0.25) is 0 Å². The van der Waals surface area contributed by atoms with Crippen LogP contribution in [-0.4, -0.2) is 59.6 Å². The molecule has 0 amide bonds. The zero-order valence-corrected chi connectivity index (χ0v) is 15.6. The van der Waals surface area contributed by atoms with Crippen LogP contribution in [0.1, 0.15) is 41.5 Å².